The van der Waals surface area contributed by atoms with Gasteiger partial charge in [-0.25, -0.2) is 9.78 Å². The van der Waals surface area contributed by atoms with E-state index in [9.17, 15) is 24.0 Å². The van der Waals surface area contributed by atoms with Gasteiger partial charge in [0.15, 0.2) is 0 Å². The van der Waals surface area contributed by atoms with Crippen molar-refractivity contribution in [2.24, 2.45) is 11.3 Å². The number of carbonyl (C=O) groups is 5. The van der Waals surface area contributed by atoms with E-state index in [0.717, 1.165) is 36.5 Å². The molecule has 2 saturated carbocycles. The van der Waals surface area contributed by atoms with Crippen molar-refractivity contribution in [2.75, 3.05) is 13.7 Å². The smallest absolute Gasteiger partial charge is 0.315 e. The van der Waals surface area contributed by atoms with E-state index in [1.165, 1.54) is 4.90 Å². The van der Waals surface area contributed by atoms with Crippen LogP contribution in [0.5, 0.6) is 11.6 Å². The summed E-state index contributed by atoms with van der Waals surface area (Å²) in [5, 5.41) is 12.8. The SMILES string of the molecule is COc1ccc2c(OC3C[C@@H](C(=O)N[C@@H](CC4CC4)C(=O)C(=O)NC4CC4)N(C(=O)[C@@H](NC(=O)NC(C)(C)C)C(C)(C)C)C3)nccc2c1. The van der Waals surface area contributed by atoms with E-state index in [0.29, 0.717) is 18.1 Å². The summed E-state index contributed by atoms with van der Waals surface area (Å²) in [7, 11) is 1.59. The Balaban J connectivity index is 1.41. The van der Waals surface area contributed by atoms with Gasteiger partial charge in [-0.2, -0.15) is 0 Å². The Kier molecular flexibility index (Phi) is 10.4. The number of rotatable bonds is 12. The lowest BCUT2D eigenvalue weighted by Gasteiger charge is -2.36. The average molecular weight is 679 g/mol. The predicted octanol–water partition coefficient (Wildman–Crippen LogP) is 3.24. The number of benzene rings is 1. The molecule has 1 aromatic carbocycles. The summed E-state index contributed by atoms with van der Waals surface area (Å²) in [6.07, 6.45) is 4.94. The van der Waals surface area contributed by atoms with Gasteiger partial charge in [0, 0.05) is 29.6 Å². The van der Waals surface area contributed by atoms with Gasteiger partial charge in [0.2, 0.25) is 23.5 Å². The van der Waals surface area contributed by atoms with Crippen LogP contribution in [0.1, 0.15) is 80.1 Å². The number of nitrogens with zero attached hydrogens (tertiary/aromatic N) is 2. The molecule has 1 unspecified atom stereocenters. The number of amides is 5. The topological polar surface area (TPSA) is 168 Å². The summed E-state index contributed by atoms with van der Waals surface area (Å²) >= 11 is 0. The Morgan fingerprint density at radius 2 is 1.69 bits per heavy atom. The van der Waals surface area contributed by atoms with Crippen molar-refractivity contribution in [1.29, 1.82) is 0 Å². The van der Waals surface area contributed by atoms with Gasteiger partial charge < -0.3 is 35.6 Å². The predicted molar refractivity (Wildman–Crippen MR) is 183 cm³/mol. The largest absolute Gasteiger partial charge is 0.497 e. The fourth-order valence-corrected chi connectivity index (χ4v) is 6.03. The molecule has 13 nitrogen and oxygen atoms in total. The fourth-order valence-electron chi connectivity index (χ4n) is 6.03. The van der Waals surface area contributed by atoms with E-state index in [-0.39, 0.29) is 24.9 Å². The molecule has 1 saturated heterocycles. The second-order valence-electron chi connectivity index (χ2n) is 15.7. The molecule has 3 aliphatic rings. The molecule has 1 aliphatic heterocycles. The highest BCUT2D eigenvalue weighted by atomic mass is 16.5. The Hall–Kier alpha value is -4.42. The van der Waals surface area contributed by atoms with Crippen LogP contribution in [0.25, 0.3) is 10.8 Å². The minimum atomic E-state index is -1.04. The number of nitrogens with one attached hydrogen (secondary N) is 4. The molecule has 2 aliphatic carbocycles. The molecule has 266 valence electrons. The minimum absolute atomic E-state index is 0.00402. The van der Waals surface area contributed by atoms with E-state index in [1.807, 2.05) is 59.7 Å². The van der Waals surface area contributed by atoms with Crippen LogP contribution in [0.2, 0.25) is 0 Å². The van der Waals surface area contributed by atoms with Crippen LogP contribution in [0.4, 0.5) is 4.79 Å². The Bertz CT molecular complexity index is 1590. The first-order valence-electron chi connectivity index (χ1n) is 17.2. The standard InChI is InChI=1S/C36H50N6O7/c1-35(2,3)29(40-34(47)41-36(4,5)6)33(46)42-19-24(49-32-25-13-12-23(48-7)17-21(25)14-15-37-32)18-27(42)30(44)39-26(16-20-8-9-20)28(43)31(45)38-22-10-11-22/h12-15,17,20,22,24,26-27,29H,8-11,16,18-19H2,1-7H3,(H,38,45)(H,39,44)(H2,40,41,47)/t24?,26-,27-,29+/m0/s1. The second kappa shape index (κ2) is 14.2. The molecule has 3 fully saturated rings. The average Bonchev–Trinajstić information content (AvgIpc) is 3.96. The molecule has 0 bridgehead atoms. The zero-order valence-corrected chi connectivity index (χ0v) is 29.6. The van der Waals surface area contributed by atoms with Gasteiger partial charge in [0.05, 0.1) is 19.7 Å². The summed E-state index contributed by atoms with van der Waals surface area (Å²) in [5.41, 5.74) is -1.27. The number of urea groups is 1. The number of methoxy groups -OCH3 is 1. The number of fused-ring (bicyclic) bond motifs is 1. The molecule has 5 amide bonds. The van der Waals surface area contributed by atoms with Crippen molar-refractivity contribution in [1.82, 2.24) is 31.2 Å². The van der Waals surface area contributed by atoms with Gasteiger partial charge in [0.1, 0.15) is 23.9 Å². The summed E-state index contributed by atoms with van der Waals surface area (Å²) in [5.74, 6) is -1.14. The highest BCUT2D eigenvalue weighted by Crippen LogP contribution is 2.35. The molecule has 0 radical (unpaired) electrons. The molecule has 2 aromatic rings. The Morgan fingerprint density at radius 1 is 0.980 bits per heavy atom. The third kappa shape index (κ3) is 9.39. The number of carbonyl (C=O) groups excluding carboxylic acids is 5. The number of pyridine rings is 1. The van der Waals surface area contributed by atoms with E-state index in [2.05, 4.69) is 26.3 Å². The highest BCUT2D eigenvalue weighted by molar-refractivity contribution is 6.38. The molecule has 5 rings (SSSR count). The van der Waals surface area contributed by atoms with Crippen LogP contribution < -0.4 is 30.7 Å². The lowest BCUT2D eigenvalue weighted by molar-refractivity contribution is -0.144. The molecule has 0 spiro atoms. The van der Waals surface area contributed by atoms with Crippen molar-refractivity contribution in [3.05, 3.63) is 30.5 Å². The lowest BCUT2D eigenvalue weighted by Crippen LogP contribution is -2.61. The Labute approximate surface area is 287 Å². The van der Waals surface area contributed by atoms with Gasteiger partial charge in [-0.05, 0) is 81.0 Å². The fraction of sp³-hybridized carbons (Fsp3) is 0.611. The van der Waals surface area contributed by atoms with E-state index < -0.39 is 64.7 Å². The summed E-state index contributed by atoms with van der Waals surface area (Å²) in [6.45, 7) is 11.1. The van der Waals surface area contributed by atoms with Crippen molar-refractivity contribution >= 4 is 40.3 Å². The normalized spacial score (nSPS) is 20.6. The number of ether oxygens (including phenoxy) is 2. The van der Waals surface area contributed by atoms with Crippen LogP contribution in [-0.2, 0) is 19.2 Å². The number of likely N-dealkylation sites (tertiary alicyclic amines) is 1. The zero-order chi connectivity index (χ0) is 35.7. The molecule has 13 heteroatoms. The first-order valence-corrected chi connectivity index (χ1v) is 17.2. The number of hydrogen-bond acceptors (Lipinski definition) is 8. The highest BCUT2D eigenvalue weighted by Gasteiger charge is 2.47. The van der Waals surface area contributed by atoms with Gasteiger partial charge in [0.25, 0.3) is 5.91 Å². The molecular weight excluding hydrogens is 628 g/mol. The van der Waals surface area contributed by atoms with Crippen LogP contribution in [0, 0.1) is 11.3 Å². The summed E-state index contributed by atoms with van der Waals surface area (Å²) < 4.78 is 11.8. The van der Waals surface area contributed by atoms with E-state index in [1.54, 1.807) is 19.4 Å². The summed E-state index contributed by atoms with van der Waals surface area (Å²) in [4.78, 5) is 73.5. The van der Waals surface area contributed by atoms with Gasteiger partial charge >= 0.3 is 6.03 Å². The molecule has 1 aromatic heterocycles. The third-order valence-corrected chi connectivity index (χ3v) is 8.97. The van der Waals surface area contributed by atoms with Crippen molar-refractivity contribution in [3.63, 3.8) is 0 Å². The summed E-state index contributed by atoms with van der Waals surface area (Å²) in [6, 6.07) is 3.78. The molecule has 4 N–H and O–H groups in total. The minimum Gasteiger partial charge on any atom is -0.497 e. The Morgan fingerprint density at radius 3 is 2.31 bits per heavy atom. The molecular formula is C36H50N6O7. The van der Waals surface area contributed by atoms with E-state index >= 15 is 0 Å². The van der Waals surface area contributed by atoms with Crippen LogP contribution in [0.15, 0.2) is 30.5 Å². The quantitative estimate of drug-likeness (QED) is 0.248. The van der Waals surface area contributed by atoms with E-state index in [4.69, 9.17) is 9.47 Å². The number of hydrogen-bond donors (Lipinski definition) is 4. The first-order chi connectivity index (χ1) is 23.0. The van der Waals surface area contributed by atoms with Crippen molar-refractivity contribution < 1.29 is 33.4 Å². The second-order valence-corrected chi connectivity index (χ2v) is 15.7. The maximum absolute atomic E-state index is 14.4. The zero-order valence-electron chi connectivity index (χ0n) is 29.6. The maximum atomic E-state index is 14.4. The first kappa shape index (κ1) is 35.9. The molecule has 49 heavy (non-hydrogen) atoms. The van der Waals surface area contributed by atoms with Crippen LogP contribution in [0.3, 0.4) is 0 Å². The van der Waals surface area contributed by atoms with Crippen molar-refractivity contribution in [3.8, 4) is 11.6 Å². The van der Waals surface area contributed by atoms with Crippen LogP contribution in [-0.4, -0.2) is 88.9 Å². The molecule has 2 heterocycles. The van der Waals surface area contributed by atoms with Gasteiger partial charge in [-0.1, -0.05) is 33.6 Å². The van der Waals surface area contributed by atoms with Gasteiger partial charge in [-0.15, -0.1) is 0 Å². The lowest BCUT2D eigenvalue weighted by atomic mass is 9.85. The van der Waals surface area contributed by atoms with Crippen LogP contribution >= 0.6 is 0 Å². The maximum Gasteiger partial charge on any atom is 0.315 e. The third-order valence-electron chi connectivity index (χ3n) is 8.97. The number of ketones is 1. The van der Waals surface area contributed by atoms with Crippen molar-refractivity contribution in [2.45, 2.75) is 116 Å². The number of aromatic nitrogens is 1. The molecule has 4 atom stereocenters. The number of Topliss-reactive ketones (excluding diaryl/α,β-unsaturated/α-hetero) is 1. The monoisotopic (exact) mass is 678 g/mol. The van der Waals surface area contributed by atoms with Gasteiger partial charge in [-0.3, -0.25) is 19.2 Å².